The van der Waals surface area contributed by atoms with Crippen molar-refractivity contribution in [1.82, 2.24) is 0 Å². The number of carbonyl (C=O) groups excluding carboxylic acids is 4. The number of benzene rings is 3. The maximum absolute atomic E-state index is 12.1. The van der Waals surface area contributed by atoms with Crippen LogP contribution in [0.2, 0.25) is 0 Å². The van der Waals surface area contributed by atoms with Gasteiger partial charge in [-0.2, -0.15) is 0 Å². The molecule has 0 aromatic heterocycles. The minimum atomic E-state index is -0.616. The van der Waals surface area contributed by atoms with E-state index in [2.05, 4.69) is 26.3 Å². The molecular weight excluding hydrogens is 560 g/mol. The van der Waals surface area contributed by atoms with Crippen LogP contribution in [-0.2, 0) is 19.2 Å². The summed E-state index contributed by atoms with van der Waals surface area (Å²) >= 11 is 0. The minimum absolute atomic E-state index is 0.176. The van der Waals surface area contributed by atoms with Crippen LogP contribution in [0.3, 0.4) is 0 Å². The third kappa shape index (κ3) is 9.39. The lowest BCUT2D eigenvalue weighted by Gasteiger charge is -2.11. The van der Waals surface area contributed by atoms with Crippen molar-refractivity contribution in [2.75, 3.05) is 0 Å². The molecule has 0 saturated carbocycles. The highest BCUT2D eigenvalue weighted by Gasteiger charge is 2.14. The zero-order valence-electron chi connectivity index (χ0n) is 25.0. The van der Waals surface area contributed by atoms with Gasteiger partial charge in [0.05, 0.1) is 0 Å². The number of hydrogen-bond donors (Lipinski definition) is 0. The van der Waals surface area contributed by atoms with Crippen LogP contribution in [0.1, 0.15) is 38.8 Å². The van der Waals surface area contributed by atoms with Gasteiger partial charge < -0.3 is 18.9 Å². The Bertz CT molecular complexity index is 1630. The maximum atomic E-state index is 12.1. The highest BCUT2D eigenvalue weighted by molar-refractivity contribution is 5.91. The van der Waals surface area contributed by atoms with Crippen molar-refractivity contribution in [2.45, 2.75) is 27.7 Å². The average Bonchev–Trinajstić information content (AvgIpc) is 2.95. The second-order valence-corrected chi connectivity index (χ2v) is 10.1. The Kier molecular flexibility index (Phi) is 10.7. The van der Waals surface area contributed by atoms with E-state index in [1.165, 1.54) is 39.8 Å². The molecule has 0 heterocycles. The van der Waals surface area contributed by atoms with E-state index < -0.39 is 23.9 Å². The summed E-state index contributed by atoms with van der Waals surface area (Å²) in [4.78, 5) is 48.4. The molecule has 3 aromatic rings. The van der Waals surface area contributed by atoms with Crippen LogP contribution in [0, 0.1) is 0 Å². The van der Waals surface area contributed by atoms with Crippen molar-refractivity contribution in [3.05, 3.63) is 120 Å². The molecular formula is C36H32O8. The summed E-state index contributed by atoms with van der Waals surface area (Å²) in [6.45, 7) is 20.5. The van der Waals surface area contributed by atoms with E-state index in [1.54, 1.807) is 30.3 Å². The van der Waals surface area contributed by atoms with Crippen molar-refractivity contribution >= 4 is 36.0 Å². The third-order valence-corrected chi connectivity index (χ3v) is 5.73. The Morgan fingerprint density at radius 3 is 1.11 bits per heavy atom. The molecule has 0 aliphatic carbocycles. The topological polar surface area (TPSA) is 105 Å². The molecule has 0 aliphatic rings. The summed E-state index contributed by atoms with van der Waals surface area (Å²) in [6, 6.07) is 16.8. The fourth-order valence-electron chi connectivity index (χ4n) is 3.42. The molecule has 0 atom stereocenters. The van der Waals surface area contributed by atoms with Crippen molar-refractivity contribution in [3.63, 3.8) is 0 Å². The van der Waals surface area contributed by atoms with Gasteiger partial charge in [0.1, 0.15) is 23.0 Å². The third-order valence-electron chi connectivity index (χ3n) is 5.73. The van der Waals surface area contributed by atoms with E-state index in [9.17, 15) is 19.2 Å². The van der Waals surface area contributed by atoms with Crippen LogP contribution in [-0.4, -0.2) is 23.9 Å². The lowest BCUT2D eigenvalue weighted by Crippen LogP contribution is -2.10. The van der Waals surface area contributed by atoms with Gasteiger partial charge in [-0.3, -0.25) is 0 Å². The predicted octanol–water partition coefficient (Wildman–Crippen LogP) is 7.45. The van der Waals surface area contributed by atoms with Crippen LogP contribution in [0.15, 0.2) is 109 Å². The minimum Gasteiger partial charge on any atom is -0.423 e. The quantitative estimate of drug-likeness (QED) is 0.0979. The number of hydrogen-bond acceptors (Lipinski definition) is 8. The second kappa shape index (κ2) is 14.4. The first kappa shape index (κ1) is 32.8. The normalized spacial score (nSPS) is 10.5. The fourth-order valence-corrected chi connectivity index (χ4v) is 3.42. The number of rotatable bonds is 11. The molecule has 0 spiro atoms. The Balaban J connectivity index is 1.92. The second-order valence-electron chi connectivity index (χ2n) is 10.1. The van der Waals surface area contributed by atoms with Crippen LogP contribution in [0.4, 0.5) is 0 Å². The number of carbonyl (C=O) groups is 4. The van der Waals surface area contributed by atoms with E-state index in [0.717, 1.165) is 11.1 Å². The molecule has 0 radical (unpaired) electrons. The Morgan fingerprint density at radius 2 is 0.773 bits per heavy atom. The molecule has 0 aliphatic heterocycles. The van der Waals surface area contributed by atoms with Crippen LogP contribution < -0.4 is 18.9 Å². The van der Waals surface area contributed by atoms with Gasteiger partial charge in [0.15, 0.2) is 0 Å². The van der Waals surface area contributed by atoms with Crippen molar-refractivity contribution in [2.24, 2.45) is 0 Å². The first-order valence-corrected chi connectivity index (χ1v) is 13.3. The van der Waals surface area contributed by atoms with Crippen LogP contribution in [0.25, 0.3) is 23.3 Å². The molecule has 0 unspecified atom stereocenters. The lowest BCUT2D eigenvalue weighted by molar-refractivity contribution is -0.131. The van der Waals surface area contributed by atoms with Gasteiger partial charge >= 0.3 is 23.9 Å². The van der Waals surface area contributed by atoms with Gasteiger partial charge in [-0.15, -0.1) is 0 Å². The smallest absolute Gasteiger partial charge is 0.338 e. The van der Waals surface area contributed by atoms with Gasteiger partial charge in [-0.25, -0.2) is 19.2 Å². The first-order valence-electron chi connectivity index (χ1n) is 13.3. The molecule has 0 fully saturated rings. The molecule has 224 valence electrons. The highest BCUT2D eigenvalue weighted by atomic mass is 16.6. The van der Waals surface area contributed by atoms with E-state index in [0.29, 0.717) is 11.1 Å². The lowest BCUT2D eigenvalue weighted by atomic mass is 10.0. The predicted molar refractivity (Wildman–Crippen MR) is 169 cm³/mol. The Hall–Kier alpha value is -5.76. The highest BCUT2D eigenvalue weighted by Crippen LogP contribution is 2.32. The van der Waals surface area contributed by atoms with Gasteiger partial charge in [0.2, 0.25) is 0 Å². The van der Waals surface area contributed by atoms with Gasteiger partial charge in [0.25, 0.3) is 0 Å². The molecule has 44 heavy (non-hydrogen) atoms. The first-order chi connectivity index (χ1) is 20.7. The number of esters is 4. The molecule has 8 nitrogen and oxygen atoms in total. The van der Waals surface area contributed by atoms with Crippen LogP contribution >= 0.6 is 0 Å². The molecule has 0 N–H and O–H groups in total. The summed E-state index contributed by atoms with van der Waals surface area (Å²) in [7, 11) is 0. The van der Waals surface area contributed by atoms with Crippen molar-refractivity contribution in [1.29, 1.82) is 0 Å². The van der Waals surface area contributed by atoms with Gasteiger partial charge in [-0.05, 0) is 74.2 Å². The van der Waals surface area contributed by atoms with E-state index in [-0.39, 0.29) is 45.3 Å². The molecule has 0 bridgehead atoms. The molecule has 3 aromatic carbocycles. The molecule has 0 saturated heterocycles. The van der Waals surface area contributed by atoms with E-state index in [1.807, 2.05) is 30.3 Å². The average molecular weight is 593 g/mol. The summed E-state index contributed by atoms with van der Waals surface area (Å²) in [5.74, 6) is -1.75. The van der Waals surface area contributed by atoms with E-state index in [4.69, 9.17) is 18.9 Å². The molecule has 0 amide bonds. The summed E-state index contributed by atoms with van der Waals surface area (Å²) in [5.41, 5.74) is 3.66. The maximum Gasteiger partial charge on any atom is 0.338 e. The largest absolute Gasteiger partial charge is 0.423 e. The zero-order valence-corrected chi connectivity index (χ0v) is 25.0. The Morgan fingerprint density at radius 1 is 0.455 bits per heavy atom. The molecule has 8 heteroatoms. The standard InChI is InChI=1S/C36H32O8/c1-21(2)33(37)41-29-15-26(16-30(19-29)42-34(38)22(3)4)10-9-25-11-13-27(14-12-25)28-17-31(43-35(39)23(5)6)20-32(18-28)44-36(40)24(7)8/h9-20H,1,3,5,7H2,2,4,6,8H3/b10-9+. The van der Waals surface area contributed by atoms with Gasteiger partial charge in [-0.1, -0.05) is 62.7 Å². The zero-order chi connectivity index (χ0) is 32.6. The number of ether oxygens (including phenoxy) is 4. The summed E-state index contributed by atoms with van der Waals surface area (Å²) in [6.07, 6.45) is 3.58. The van der Waals surface area contributed by atoms with Crippen molar-refractivity contribution < 1.29 is 38.1 Å². The van der Waals surface area contributed by atoms with E-state index >= 15 is 0 Å². The SMILES string of the molecule is C=C(C)C(=O)Oc1cc(/C=C/c2ccc(-c3cc(OC(=O)C(=C)C)cc(OC(=O)C(=C)C)c3)cc2)cc(OC(=O)C(=C)C)c1. The molecule has 3 rings (SSSR count). The van der Waals surface area contributed by atoms with Crippen molar-refractivity contribution in [3.8, 4) is 34.1 Å². The fraction of sp³-hybridized carbons (Fsp3) is 0.111. The summed E-state index contributed by atoms with van der Waals surface area (Å²) < 4.78 is 21.5. The monoisotopic (exact) mass is 592 g/mol. The Labute approximate surface area is 256 Å². The van der Waals surface area contributed by atoms with Crippen LogP contribution in [0.5, 0.6) is 23.0 Å². The van der Waals surface area contributed by atoms with Gasteiger partial charge in [0, 0.05) is 34.4 Å². The summed E-state index contributed by atoms with van der Waals surface area (Å²) in [5, 5.41) is 0.